The predicted molar refractivity (Wildman–Crippen MR) is 84.8 cm³/mol. The van der Waals surface area contributed by atoms with Crippen LogP contribution < -0.4 is 10.0 Å². The summed E-state index contributed by atoms with van der Waals surface area (Å²) in [7, 11) is 0.00381. The monoisotopic (exact) mass is 314 g/mol. The highest BCUT2D eigenvalue weighted by atomic mass is 32.2. The van der Waals surface area contributed by atoms with E-state index in [2.05, 4.69) is 17.0 Å². The van der Waals surface area contributed by atoms with Crippen LogP contribution in [0.5, 0.6) is 0 Å². The second-order valence-corrected chi connectivity index (χ2v) is 7.00. The molecule has 0 amide bonds. The van der Waals surface area contributed by atoms with E-state index in [4.69, 9.17) is 4.74 Å². The quantitative estimate of drug-likeness (QED) is 0.731. The van der Waals surface area contributed by atoms with Crippen LogP contribution in [0, 0.1) is 5.92 Å². The molecule has 2 unspecified atom stereocenters. The van der Waals surface area contributed by atoms with Crippen LogP contribution in [-0.4, -0.2) is 35.7 Å². The normalized spacial score (nSPS) is 14.9. The molecular formula is C15H26N2O3S. The molecule has 0 fully saturated rings. The van der Waals surface area contributed by atoms with Gasteiger partial charge in [-0.2, -0.15) is 0 Å². The van der Waals surface area contributed by atoms with Crippen molar-refractivity contribution in [3.05, 3.63) is 29.8 Å². The zero-order valence-electron chi connectivity index (χ0n) is 13.2. The van der Waals surface area contributed by atoms with Crippen molar-refractivity contribution in [3.8, 4) is 0 Å². The maximum absolute atomic E-state index is 12.3. The molecule has 120 valence electrons. The average Bonchev–Trinajstić information content (AvgIpc) is 2.47. The van der Waals surface area contributed by atoms with Gasteiger partial charge in [0, 0.05) is 26.3 Å². The fourth-order valence-corrected chi connectivity index (χ4v) is 3.40. The maximum atomic E-state index is 12.3. The summed E-state index contributed by atoms with van der Waals surface area (Å²) in [6.45, 7) is 4.90. The van der Waals surface area contributed by atoms with Gasteiger partial charge in [0.15, 0.2) is 0 Å². The molecule has 1 aromatic rings. The van der Waals surface area contributed by atoms with Crippen molar-refractivity contribution >= 4 is 10.0 Å². The van der Waals surface area contributed by atoms with Gasteiger partial charge in [-0.25, -0.2) is 13.1 Å². The van der Waals surface area contributed by atoms with Gasteiger partial charge in [0.1, 0.15) is 0 Å². The molecule has 1 rings (SSSR count). The lowest BCUT2D eigenvalue weighted by Crippen LogP contribution is -2.30. The molecule has 0 saturated heterocycles. The van der Waals surface area contributed by atoms with Crippen LogP contribution in [-0.2, 0) is 14.8 Å². The van der Waals surface area contributed by atoms with Crippen LogP contribution in [0.15, 0.2) is 29.2 Å². The van der Waals surface area contributed by atoms with Crippen LogP contribution in [0.3, 0.4) is 0 Å². The van der Waals surface area contributed by atoms with Gasteiger partial charge < -0.3 is 10.1 Å². The largest absolute Gasteiger partial charge is 0.384 e. The minimum absolute atomic E-state index is 0.133. The summed E-state index contributed by atoms with van der Waals surface area (Å²) >= 11 is 0. The first-order valence-corrected chi connectivity index (χ1v) is 8.68. The fraction of sp³-hybridized carbons (Fsp3) is 0.600. The van der Waals surface area contributed by atoms with Crippen molar-refractivity contribution in [1.82, 2.24) is 10.0 Å². The Labute approximate surface area is 128 Å². The standard InChI is InChI=1S/C15H26N2O3S/c1-5-15(16-3)13-7-6-8-14(9-13)21(18,19)17-10-12(2)11-20-4/h6-9,12,15-17H,5,10-11H2,1-4H3. The van der Waals surface area contributed by atoms with Crippen LogP contribution in [0.25, 0.3) is 0 Å². The van der Waals surface area contributed by atoms with Crippen LogP contribution in [0.4, 0.5) is 0 Å². The average molecular weight is 314 g/mol. The first kappa shape index (κ1) is 18.1. The second-order valence-electron chi connectivity index (χ2n) is 5.23. The molecule has 5 nitrogen and oxygen atoms in total. The summed E-state index contributed by atoms with van der Waals surface area (Å²) in [6, 6.07) is 7.23. The lowest BCUT2D eigenvalue weighted by atomic mass is 10.1. The highest BCUT2D eigenvalue weighted by Crippen LogP contribution is 2.19. The summed E-state index contributed by atoms with van der Waals surface area (Å²) in [6.07, 6.45) is 0.901. The SMILES string of the molecule is CCC(NC)c1cccc(S(=O)(=O)NCC(C)COC)c1. The van der Waals surface area contributed by atoms with E-state index in [-0.39, 0.29) is 12.0 Å². The fourth-order valence-electron chi connectivity index (χ4n) is 2.18. The van der Waals surface area contributed by atoms with Crippen molar-refractivity contribution in [3.63, 3.8) is 0 Å². The van der Waals surface area contributed by atoms with Gasteiger partial charge in [0.25, 0.3) is 0 Å². The number of rotatable bonds is 9. The highest BCUT2D eigenvalue weighted by Gasteiger charge is 2.17. The van der Waals surface area contributed by atoms with Crippen molar-refractivity contribution < 1.29 is 13.2 Å². The second kappa shape index (κ2) is 8.48. The first-order chi connectivity index (χ1) is 9.94. The Hall–Kier alpha value is -0.950. The lowest BCUT2D eigenvalue weighted by molar-refractivity contribution is 0.161. The van der Waals surface area contributed by atoms with E-state index >= 15 is 0 Å². The van der Waals surface area contributed by atoms with E-state index in [0.717, 1.165) is 12.0 Å². The summed E-state index contributed by atoms with van der Waals surface area (Å²) in [5.41, 5.74) is 0.979. The minimum atomic E-state index is -3.48. The maximum Gasteiger partial charge on any atom is 0.240 e. The molecule has 21 heavy (non-hydrogen) atoms. The van der Waals surface area contributed by atoms with E-state index in [1.807, 2.05) is 20.0 Å². The summed E-state index contributed by atoms with van der Waals surface area (Å²) in [5, 5.41) is 3.18. The molecule has 2 N–H and O–H groups in total. The Morgan fingerprint density at radius 2 is 2.05 bits per heavy atom. The van der Waals surface area contributed by atoms with Gasteiger partial charge in [-0.15, -0.1) is 0 Å². The number of nitrogens with one attached hydrogen (secondary N) is 2. The van der Waals surface area contributed by atoms with E-state index < -0.39 is 10.0 Å². The van der Waals surface area contributed by atoms with E-state index in [0.29, 0.717) is 18.0 Å². The summed E-state index contributed by atoms with van der Waals surface area (Å²) in [5.74, 6) is 0.133. The molecule has 2 atom stereocenters. The Bertz CT molecular complexity index is 527. The Morgan fingerprint density at radius 1 is 1.33 bits per heavy atom. The molecule has 1 aromatic carbocycles. The molecule has 0 aromatic heterocycles. The summed E-state index contributed by atoms with van der Waals surface area (Å²) in [4.78, 5) is 0.304. The third kappa shape index (κ3) is 5.39. The van der Waals surface area contributed by atoms with Gasteiger partial charge >= 0.3 is 0 Å². The lowest BCUT2D eigenvalue weighted by Gasteiger charge is -2.16. The minimum Gasteiger partial charge on any atom is -0.384 e. The van der Waals surface area contributed by atoms with Gasteiger partial charge in [0.05, 0.1) is 4.90 Å². The number of sulfonamides is 1. The molecular weight excluding hydrogens is 288 g/mol. The number of methoxy groups -OCH3 is 1. The van der Waals surface area contributed by atoms with Crippen LogP contribution in [0.1, 0.15) is 31.9 Å². The number of benzene rings is 1. The predicted octanol–water partition coefficient (Wildman–Crippen LogP) is 1.92. The van der Waals surface area contributed by atoms with E-state index in [1.54, 1.807) is 25.3 Å². The first-order valence-electron chi connectivity index (χ1n) is 7.20. The van der Waals surface area contributed by atoms with E-state index in [9.17, 15) is 8.42 Å². The number of hydrogen-bond acceptors (Lipinski definition) is 4. The molecule has 0 radical (unpaired) electrons. The van der Waals surface area contributed by atoms with Crippen molar-refractivity contribution in [2.45, 2.75) is 31.2 Å². The zero-order chi connectivity index (χ0) is 15.9. The van der Waals surface area contributed by atoms with Crippen molar-refractivity contribution in [1.29, 1.82) is 0 Å². The molecule has 0 aliphatic carbocycles. The van der Waals surface area contributed by atoms with Crippen LogP contribution >= 0.6 is 0 Å². The molecule has 0 aliphatic rings. The topological polar surface area (TPSA) is 67.4 Å². The van der Waals surface area contributed by atoms with Gasteiger partial charge in [-0.3, -0.25) is 0 Å². The Balaban J connectivity index is 2.86. The van der Waals surface area contributed by atoms with Crippen LogP contribution in [0.2, 0.25) is 0 Å². The molecule has 0 aliphatic heterocycles. The molecule has 0 heterocycles. The molecule has 0 bridgehead atoms. The van der Waals surface area contributed by atoms with Crippen molar-refractivity contribution in [2.75, 3.05) is 27.3 Å². The third-order valence-electron chi connectivity index (χ3n) is 3.40. The third-order valence-corrected chi connectivity index (χ3v) is 4.82. The smallest absolute Gasteiger partial charge is 0.240 e. The Kier molecular flexibility index (Phi) is 7.31. The zero-order valence-corrected chi connectivity index (χ0v) is 14.0. The van der Waals surface area contributed by atoms with E-state index in [1.165, 1.54) is 0 Å². The highest BCUT2D eigenvalue weighted by molar-refractivity contribution is 7.89. The molecule has 6 heteroatoms. The van der Waals surface area contributed by atoms with Gasteiger partial charge in [-0.05, 0) is 37.1 Å². The number of hydrogen-bond donors (Lipinski definition) is 2. The van der Waals surface area contributed by atoms with Gasteiger partial charge in [-0.1, -0.05) is 26.0 Å². The number of ether oxygens (including phenoxy) is 1. The molecule has 0 spiro atoms. The Morgan fingerprint density at radius 3 is 2.62 bits per heavy atom. The van der Waals surface area contributed by atoms with Gasteiger partial charge in [0.2, 0.25) is 10.0 Å². The summed E-state index contributed by atoms with van der Waals surface area (Å²) < 4.78 is 32.3. The molecule has 0 saturated carbocycles. The van der Waals surface area contributed by atoms with Crippen molar-refractivity contribution in [2.24, 2.45) is 5.92 Å².